The maximum atomic E-state index is 13.8. The molecule has 7 heteroatoms. The van der Waals surface area contributed by atoms with Crippen molar-refractivity contribution >= 4 is 15.7 Å². The number of halogens is 1. The Bertz CT molecular complexity index is 919. The first-order chi connectivity index (χ1) is 10.9. The summed E-state index contributed by atoms with van der Waals surface area (Å²) in [5, 5.41) is 17.5. The molecule has 118 valence electrons. The van der Waals surface area contributed by atoms with Gasteiger partial charge in [-0.2, -0.15) is 5.26 Å². The van der Waals surface area contributed by atoms with Gasteiger partial charge in [0.1, 0.15) is 11.9 Å². The third-order valence-corrected chi connectivity index (χ3v) is 4.89. The highest BCUT2D eigenvalue weighted by Gasteiger charge is 2.25. The Morgan fingerprint density at radius 2 is 2.09 bits per heavy atom. The van der Waals surface area contributed by atoms with Crippen LogP contribution in [0, 0.1) is 17.1 Å². The van der Waals surface area contributed by atoms with Gasteiger partial charge < -0.3 is 5.32 Å². The summed E-state index contributed by atoms with van der Waals surface area (Å²) in [5.41, 5.74) is 2.23. The molecule has 1 aliphatic carbocycles. The molecule has 0 fully saturated rings. The van der Waals surface area contributed by atoms with Gasteiger partial charge in [0.25, 0.3) is 0 Å². The van der Waals surface area contributed by atoms with Crippen LogP contribution in [0.4, 0.5) is 10.1 Å². The van der Waals surface area contributed by atoms with Gasteiger partial charge in [-0.15, -0.1) is 0 Å². The maximum absolute atomic E-state index is 13.8. The van der Waals surface area contributed by atoms with Gasteiger partial charge in [0.2, 0.25) is 10.0 Å². The zero-order valence-electron chi connectivity index (χ0n) is 12.1. The first-order valence-corrected chi connectivity index (χ1v) is 8.55. The molecule has 0 unspecified atom stereocenters. The number of hydrogen-bond donors (Lipinski definition) is 2. The molecule has 0 aromatic heterocycles. The Balaban J connectivity index is 1.94. The molecule has 0 saturated heterocycles. The summed E-state index contributed by atoms with van der Waals surface area (Å²) in [6.45, 7) is 0. The Morgan fingerprint density at radius 1 is 1.30 bits per heavy atom. The highest BCUT2D eigenvalue weighted by Crippen LogP contribution is 2.36. The van der Waals surface area contributed by atoms with Crippen LogP contribution in [0.2, 0.25) is 0 Å². The summed E-state index contributed by atoms with van der Waals surface area (Å²) >= 11 is 0. The first kappa shape index (κ1) is 15.5. The molecule has 0 bridgehead atoms. The van der Waals surface area contributed by atoms with Gasteiger partial charge in [0.05, 0.1) is 22.2 Å². The molecule has 0 saturated carbocycles. The van der Waals surface area contributed by atoms with Crippen LogP contribution in [0.5, 0.6) is 0 Å². The van der Waals surface area contributed by atoms with E-state index in [0.717, 1.165) is 5.56 Å². The maximum Gasteiger partial charge on any atom is 0.238 e. The molecule has 0 heterocycles. The predicted octanol–water partition coefficient (Wildman–Crippen LogP) is 2.44. The number of benzene rings is 2. The van der Waals surface area contributed by atoms with Crippen LogP contribution in [-0.2, 0) is 16.4 Å². The molecule has 0 amide bonds. The van der Waals surface area contributed by atoms with E-state index in [1.165, 1.54) is 24.3 Å². The number of hydrogen-bond acceptors (Lipinski definition) is 4. The Hall–Kier alpha value is -2.43. The van der Waals surface area contributed by atoms with Crippen molar-refractivity contribution in [1.29, 1.82) is 5.26 Å². The van der Waals surface area contributed by atoms with Crippen molar-refractivity contribution in [2.24, 2.45) is 5.14 Å². The second kappa shape index (κ2) is 5.65. The van der Waals surface area contributed by atoms with Gasteiger partial charge in [-0.1, -0.05) is 12.1 Å². The minimum Gasteiger partial charge on any atom is -0.377 e. The molecular formula is C16H14FN3O2S. The number of anilines is 1. The van der Waals surface area contributed by atoms with Crippen molar-refractivity contribution < 1.29 is 12.8 Å². The van der Waals surface area contributed by atoms with Gasteiger partial charge >= 0.3 is 0 Å². The molecule has 3 N–H and O–H groups in total. The van der Waals surface area contributed by atoms with Crippen LogP contribution in [0.15, 0.2) is 41.3 Å². The van der Waals surface area contributed by atoms with Crippen LogP contribution in [0.1, 0.15) is 29.2 Å². The molecule has 0 radical (unpaired) electrons. The summed E-state index contributed by atoms with van der Waals surface area (Å²) in [6.07, 6.45) is 1.33. The second-order valence-corrected chi connectivity index (χ2v) is 6.97. The lowest BCUT2D eigenvalue weighted by atomic mass is 10.1. The van der Waals surface area contributed by atoms with Crippen molar-refractivity contribution in [3.63, 3.8) is 0 Å². The van der Waals surface area contributed by atoms with Crippen molar-refractivity contribution in [1.82, 2.24) is 0 Å². The van der Waals surface area contributed by atoms with Gasteiger partial charge in [-0.25, -0.2) is 17.9 Å². The van der Waals surface area contributed by atoms with Crippen LogP contribution >= 0.6 is 0 Å². The number of primary sulfonamides is 1. The molecule has 3 rings (SSSR count). The molecule has 2 aromatic rings. The molecule has 5 nitrogen and oxygen atoms in total. The van der Waals surface area contributed by atoms with E-state index in [1.807, 2.05) is 12.1 Å². The molecule has 1 atom stereocenters. The molecular weight excluding hydrogens is 317 g/mol. The Kier molecular flexibility index (Phi) is 3.80. The molecule has 2 aromatic carbocycles. The SMILES string of the molecule is N#Cc1cc(S(N)(=O)=O)ccc1N[C@@H]1CCc2c(F)cccc21. The number of nitrogens with zero attached hydrogens (tertiary/aromatic N) is 1. The molecule has 0 spiro atoms. The zero-order valence-corrected chi connectivity index (χ0v) is 12.9. The topological polar surface area (TPSA) is 96.0 Å². The predicted molar refractivity (Wildman–Crippen MR) is 83.6 cm³/mol. The van der Waals surface area contributed by atoms with E-state index in [2.05, 4.69) is 5.32 Å². The van der Waals surface area contributed by atoms with Crippen LogP contribution in [0.3, 0.4) is 0 Å². The second-order valence-electron chi connectivity index (χ2n) is 5.41. The number of nitriles is 1. The summed E-state index contributed by atoms with van der Waals surface area (Å²) < 4.78 is 36.5. The fraction of sp³-hybridized carbons (Fsp3) is 0.188. The minimum absolute atomic E-state index is 0.113. The Morgan fingerprint density at radius 3 is 2.78 bits per heavy atom. The molecule has 0 aliphatic heterocycles. The fourth-order valence-corrected chi connectivity index (χ4v) is 3.41. The third kappa shape index (κ3) is 2.91. The average molecular weight is 331 g/mol. The van der Waals surface area contributed by atoms with E-state index in [4.69, 9.17) is 5.14 Å². The van der Waals surface area contributed by atoms with Gasteiger partial charge in [0.15, 0.2) is 0 Å². The number of sulfonamides is 1. The Labute approximate surface area is 133 Å². The standard InChI is InChI=1S/C16H14FN3O2S/c17-14-3-1-2-13-12(14)5-7-16(13)20-15-6-4-11(23(19,21)22)8-10(15)9-18/h1-4,6,8,16,20H,5,7H2,(H2,19,21,22)/t16-/m1/s1. The minimum atomic E-state index is -3.86. The van der Waals surface area contributed by atoms with Crippen molar-refractivity contribution in [3.8, 4) is 6.07 Å². The summed E-state index contributed by atoms with van der Waals surface area (Å²) in [4.78, 5) is -0.113. The number of rotatable bonds is 3. The van der Waals surface area contributed by atoms with E-state index in [-0.39, 0.29) is 22.3 Å². The number of nitrogens with one attached hydrogen (secondary N) is 1. The van der Waals surface area contributed by atoms with Crippen molar-refractivity contribution in [3.05, 3.63) is 58.9 Å². The summed E-state index contributed by atoms with van der Waals surface area (Å²) in [7, 11) is -3.86. The summed E-state index contributed by atoms with van der Waals surface area (Å²) in [5.74, 6) is -0.225. The fourth-order valence-electron chi connectivity index (χ4n) is 2.87. The quantitative estimate of drug-likeness (QED) is 0.903. The summed E-state index contributed by atoms with van der Waals surface area (Å²) in [6, 6.07) is 10.9. The third-order valence-electron chi connectivity index (χ3n) is 3.98. The van der Waals surface area contributed by atoms with Crippen LogP contribution in [-0.4, -0.2) is 8.42 Å². The molecule has 1 aliphatic rings. The normalized spacial score (nSPS) is 16.7. The van der Waals surface area contributed by atoms with Crippen molar-refractivity contribution in [2.75, 3.05) is 5.32 Å². The zero-order chi connectivity index (χ0) is 16.6. The first-order valence-electron chi connectivity index (χ1n) is 7.01. The lowest BCUT2D eigenvalue weighted by Crippen LogP contribution is -2.13. The number of fused-ring (bicyclic) bond motifs is 1. The molecule has 23 heavy (non-hydrogen) atoms. The number of nitrogens with two attached hydrogens (primary N) is 1. The highest BCUT2D eigenvalue weighted by atomic mass is 32.2. The highest BCUT2D eigenvalue weighted by molar-refractivity contribution is 7.89. The average Bonchev–Trinajstić information content (AvgIpc) is 2.91. The van der Waals surface area contributed by atoms with E-state index < -0.39 is 10.0 Å². The largest absolute Gasteiger partial charge is 0.377 e. The van der Waals surface area contributed by atoms with E-state index in [0.29, 0.717) is 24.1 Å². The lowest BCUT2D eigenvalue weighted by Gasteiger charge is -2.17. The van der Waals surface area contributed by atoms with E-state index in [9.17, 15) is 18.1 Å². The smallest absolute Gasteiger partial charge is 0.238 e. The van der Waals surface area contributed by atoms with Gasteiger partial charge in [0, 0.05) is 0 Å². The van der Waals surface area contributed by atoms with Gasteiger partial charge in [-0.3, -0.25) is 0 Å². The van der Waals surface area contributed by atoms with Crippen LogP contribution < -0.4 is 10.5 Å². The van der Waals surface area contributed by atoms with Gasteiger partial charge in [-0.05, 0) is 48.2 Å². The monoisotopic (exact) mass is 331 g/mol. The lowest BCUT2D eigenvalue weighted by molar-refractivity contribution is 0.597. The van der Waals surface area contributed by atoms with Crippen LogP contribution in [0.25, 0.3) is 0 Å². The van der Waals surface area contributed by atoms with Crippen molar-refractivity contribution in [2.45, 2.75) is 23.8 Å². The van der Waals surface area contributed by atoms with E-state index >= 15 is 0 Å². The van der Waals surface area contributed by atoms with E-state index in [1.54, 1.807) is 6.07 Å².